The van der Waals surface area contributed by atoms with Gasteiger partial charge in [-0.25, -0.2) is 0 Å². The fourth-order valence-corrected chi connectivity index (χ4v) is 3.09. The van der Waals surface area contributed by atoms with E-state index in [-0.39, 0.29) is 5.91 Å². The van der Waals surface area contributed by atoms with Crippen LogP contribution in [0.4, 0.5) is 5.69 Å². The SMILES string of the molecule is Cc1ccc(CC(=O)Nc2cccc(Oc3ccccc3)c2)s1. The van der Waals surface area contributed by atoms with Crippen LogP contribution in [0.1, 0.15) is 9.75 Å². The van der Waals surface area contributed by atoms with Gasteiger partial charge >= 0.3 is 0 Å². The van der Waals surface area contributed by atoms with E-state index >= 15 is 0 Å². The van der Waals surface area contributed by atoms with Gasteiger partial charge in [-0.2, -0.15) is 0 Å². The summed E-state index contributed by atoms with van der Waals surface area (Å²) in [6.45, 7) is 2.04. The summed E-state index contributed by atoms with van der Waals surface area (Å²) in [7, 11) is 0. The summed E-state index contributed by atoms with van der Waals surface area (Å²) in [5, 5.41) is 2.91. The molecule has 3 rings (SSSR count). The zero-order chi connectivity index (χ0) is 16.1. The fraction of sp³-hybridized carbons (Fsp3) is 0.105. The number of aryl methyl sites for hydroxylation is 1. The van der Waals surface area contributed by atoms with Crippen LogP contribution in [-0.2, 0) is 11.2 Å². The van der Waals surface area contributed by atoms with Crippen LogP contribution in [0.3, 0.4) is 0 Å². The van der Waals surface area contributed by atoms with Crippen molar-refractivity contribution >= 4 is 22.9 Å². The predicted octanol–water partition coefficient (Wildman–Crippen LogP) is 5.03. The maximum absolute atomic E-state index is 12.1. The summed E-state index contributed by atoms with van der Waals surface area (Å²) in [5.74, 6) is 1.44. The van der Waals surface area contributed by atoms with Gasteiger partial charge < -0.3 is 10.1 Å². The average molecular weight is 323 g/mol. The molecule has 1 heterocycles. The number of amides is 1. The van der Waals surface area contributed by atoms with Crippen LogP contribution in [0, 0.1) is 6.92 Å². The molecule has 1 amide bonds. The largest absolute Gasteiger partial charge is 0.457 e. The normalized spacial score (nSPS) is 10.3. The van der Waals surface area contributed by atoms with Crippen LogP contribution < -0.4 is 10.1 Å². The molecule has 0 aliphatic rings. The molecule has 1 aromatic heterocycles. The second-order valence-corrected chi connectivity index (χ2v) is 6.55. The van der Waals surface area contributed by atoms with Crippen molar-refractivity contribution in [2.24, 2.45) is 0 Å². The molecule has 0 radical (unpaired) electrons. The first kappa shape index (κ1) is 15.3. The molecule has 4 heteroatoms. The summed E-state index contributed by atoms with van der Waals surface area (Å²) in [6.07, 6.45) is 0.391. The van der Waals surface area contributed by atoms with Crippen molar-refractivity contribution in [1.82, 2.24) is 0 Å². The van der Waals surface area contributed by atoms with Crippen LogP contribution in [0.2, 0.25) is 0 Å². The Morgan fingerprint density at radius 1 is 1.00 bits per heavy atom. The van der Waals surface area contributed by atoms with Gasteiger partial charge in [0, 0.05) is 21.5 Å². The second-order valence-electron chi connectivity index (χ2n) is 5.18. The lowest BCUT2D eigenvalue weighted by molar-refractivity contribution is -0.115. The number of benzene rings is 2. The van der Waals surface area contributed by atoms with Gasteiger partial charge in [-0.1, -0.05) is 24.3 Å². The van der Waals surface area contributed by atoms with E-state index in [0.29, 0.717) is 12.2 Å². The van der Waals surface area contributed by atoms with Crippen LogP contribution >= 0.6 is 11.3 Å². The van der Waals surface area contributed by atoms with E-state index in [1.54, 1.807) is 11.3 Å². The molecule has 0 saturated carbocycles. The van der Waals surface area contributed by atoms with Crippen LogP contribution in [0.15, 0.2) is 66.7 Å². The summed E-state index contributed by atoms with van der Waals surface area (Å²) in [6, 6.07) is 21.0. The Balaban J connectivity index is 1.64. The van der Waals surface area contributed by atoms with Crippen LogP contribution in [0.5, 0.6) is 11.5 Å². The highest BCUT2D eigenvalue weighted by Crippen LogP contribution is 2.24. The molecule has 0 bridgehead atoms. The Labute approximate surface area is 139 Å². The topological polar surface area (TPSA) is 38.3 Å². The standard InChI is InChI=1S/C19H17NO2S/c1-14-10-11-18(23-14)13-19(21)20-15-6-5-9-17(12-15)22-16-7-3-2-4-8-16/h2-12H,13H2,1H3,(H,20,21). The van der Waals surface area contributed by atoms with E-state index in [2.05, 4.69) is 5.32 Å². The third-order valence-electron chi connectivity index (χ3n) is 3.23. The number of para-hydroxylation sites is 1. The van der Waals surface area contributed by atoms with E-state index in [1.807, 2.05) is 73.7 Å². The van der Waals surface area contributed by atoms with E-state index in [9.17, 15) is 4.79 Å². The third kappa shape index (κ3) is 4.44. The highest BCUT2D eigenvalue weighted by Gasteiger charge is 2.07. The monoisotopic (exact) mass is 323 g/mol. The lowest BCUT2D eigenvalue weighted by atomic mass is 10.2. The number of ether oxygens (including phenoxy) is 1. The Kier molecular flexibility index (Phi) is 4.74. The summed E-state index contributed by atoms with van der Waals surface area (Å²) in [4.78, 5) is 14.4. The molecule has 3 nitrogen and oxygen atoms in total. The number of hydrogen-bond acceptors (Lipinski definition) is 3. The smallest absolute Gasteiger partial charge is 0.229 e. The molecule has 0 atom stereocenters. The zero-order valence-corrected chi connectivity index (χ0v) is 13.6. The maximum atomic E-state index is 12.1. The molecule has 23 heavy (non-hydrogen) atoms. The van der Waals surface area contributed by atoms with Crippen molar-refractivity contribution < 1.29 is 9.53 Å². The van der Waals surface area contributed by atoms with E-state index in [4.69, 9.17) is 4.74 Å². The van der Waals surface area contributed by atoms with Gasteiger partial charge in [0.1, 0.15) is 11.5 Å². The fourth-order valence-electron chi connectivity index (χ4n) is 2.21. The molecular weight excluding hydrogens is 306 g/mol. The number of nitrogens with one attached hydrogen (secondary N) is 1. The van der Waals surface area contributed by atoms with Crippen molar-refractivity contribution in [3.63, 3.8) is 0 Å². The average Bonchev–Trinajstić information content (AvgIpc) is 2.93. The van der Waals surface area contributed by atoms with Crippen molar-refractivity contribution in [1.29, 1.82) is 0 Å². The van der Waals surface area contributed by atoms with Gasteiger partial charge in [0.25, 0.3) is 0 Å². The number of anilines is 1. The van der Waals surface area contributed by atoms with Gasteiger partial charge in [-0.15, -0.1) is 11.3 Å². The minimum absolute atomic E-state index is 0.0243. The molecule has 0 spiro atoms. The van der Waals surface area contributed by atoms with E-state index in [1.165, 1.54) is 4.88 Å². The minimum atomic E-state index is -0.0243. The lowest BCUT2D eigenvalue weighted by Gasteiger charge is -2.08. The number of rotatable bonds is 5. The van der Waals surface area contributed by atoms with Gasteiger partial charge in [0.05, 0.1) is 6.42 Å². The van der Waals surface area contributed by atoms with E-state index in [0.717, 1.165) is 16.3 Å². The van der Waals surface area contributed by atoms with Crippen LogP contribution in [-0.4, -0.2) is 5.91 Å². The minimum Gasteiger partial charge on any atom is -0.457 e. The molecule has 3 aromatic rings. The summed E-state index contributed by atoms with van der Waals surface area (Å²) in [5.41, 5.74) is 0.733. The molecule has 0 aliphatic carbocycles. The van der Waals surface area contributed by atoms with Gasteiger partial charge in [-0.3, -0.25) is 4.79 Å². The lowest BCUT2D eigenvalue weighted by Crippen LogP contribution is -2.13. The molecule has 1 N–H and O–H groups in total. The van der Waals surface area contributed by atoms with E-state index < -0.39 is 0 Å². The Morgan fingerprint density at radius 3 is 2.52 bits per heavy atom. The predicted molar refractivity (Wildman–Crippen MR) is 94.3 cm³/mol. The number of carbonyl (C=O) groups is 1. The quantitative estimate of drug-likeness (QED) is 0.715. The Hall–Kier alpha value is -2.59. The highest BCUT2D eigenvalue weighted by atomic mass is 32.1. The summed E-state index contributed by atoms with van der Waals surface area (Å²) < 4.78 is 5.77. The molecular formula is C19H17NO2S. The molecule has 0 unspecified atom stereocenters. The van der Waals surface area contributed by atoms with Crippen molar-refractivity contribution in [3.05, 3.63) is 76.5 Å². The zero-order valence-electron chi connectivity index (χ0n) is 12.8. The molecule has 0 fully saturated rings. The summed E-state index contributed by atoms with van der Waals surface area (Å²) >= 11 is 1.65. The Bertz CT molecular complexity index is 796. The number of carbonyl (C=O) groups excluding carboxylic acids is 1. The highest BCUT2D eigenvalue weighted by molar-refractivity contribution is 7.12. The van der Waals surface area contributed by atoms with Crippen molar-refractivity contribution in [3.8, 4) is 11.5 Å². The molecule has 116 valence electrons. The first-order valence-corrected chi connectivity index (χ1v) is 8.19. The number of thiophene rings is 1. The van der Waals surface area contributed by atoms with Gasteiger partial charge in [0.15, 0.2) is 0 Å². The van der Waals surface area contributed by atoms with Crippen molar-refractivity contribution in [2.45, 2.75) is 13.3 Å². The first-order chi connectivity index (χ1) is 11.2. The van der Waals surface area contributed by atoms with Crippen molar-refractivity contribution in [2.75, 3.05) is 5.32 Å². The van der Waals surface area contributed by atoms with Gasteiger partial charge in [0.2, 0.25) is 5.91 Å². The molecule has 0 aliphatic heterocycles. The third-order valence-corrected chi connectivity index (χ3v) is 4.23. The Morgan fingerprint density at radius 2 is 1.78 bits per heavy atom. The second kappa shape index (κ2) is 7.11. The number of hydrogen-bond donors (Lipinski definition) is 1. The van der Waals surface area contributed by atoms with Crippen LogP contribution in [0.25, 0.3) is 0 Å². The maximum Gasteiger partial charge on any atom is 0.229 e. The molecule has 2 aromatic carbocycles. The molecule has 0 saturated heterocycles. The first-order valence-electron chi connectivity index (χ1n) is 7.37. The van der Waals surface area contributed by atoms with Gasteiger partial charge in [-0.05, 0) is 43.3 Å².